The summed E-state index contributed by atoms with van der Waals surface area (Å²) in [7, 11) is 0. The number of nitrogens with zero attached hydrogens (tertiary/aromatic N) is 2. The molecule has 0 saturated carbocycles. The van der Waals surface area contributed by atoms with Crippen LogP contribution in [0.1, 0.15) is 10.4 Å². The molecule has 1 aromatic carbocycles. The lowest BCUT2D eigenvalue weighted by Crippen LogP contribution is -2.20. The Morgan fingerprint density at radius 1 is 1.28 bits per heavy atom. The first kappa shape index (κ1) is 11.8. The molecular formula is C12H11N3O3. The van der Waals surface area contributed by atoms with Gasteiger partial charge < -0.3 is 10.4 Å². The molecule has 1 aromatic heterocycles. The van der Waals surface area contributed by atoms with Crippen molar-refractivity contribution in [3.63, 3.8) is 0 Å². The third-order valence-corrected chi connectivity index (χ3v) is 2.30. The number of hydrogen-bond donors (Lipinski definition) is 2. The van der Waals surface area contributed by atoms with Crippen LogP contribution in [0.15, 0.2) is 42.7 Å². The minimum atomic E-state index is -1.08. The maximum absolute atomic E-state index is 11.7. The first-order valence-electron chi connectivity index (χ1n) is 5.26. The Labute approximate surface area is 103 Å². The summed E-state index contributed by atoms with van der Waals surface area (Å²) in [5, 5.41) is 15.4. The van der Waals surface area contributed by atoms with E-state index >= 15 is 0 Å². The number of carboxylic acid groups (broad SMARTS) is 1. The number of amides is 1. The Kier molecular flexibility index (Phi) is 3.38. The Hall–Kier alpha value is -2.63. The molecule has 0 spiro atoms. The minimum Gasteiger partial charge on any atom is -0.478 e. The standard InChI is InChI=1S/C12H11N3O3/c16-11(8-15-7-3-6-13-15)14-10-5-2-1-4-9(10)12(17)18/h1-7H,8H2,(H,14,16)(H,17,18). The van der Waals surface area contributed by atoms with Crippen molar-refractivity contribution < 1.29 is 14.7 Å². The van der Waals surface area contributed by atoms with Crippen molar-refractivity contribution >= 4 is 17.6 Å². The van der Waals surface area contributed by atoms with E-state index in [4.69, 9.17) is 5.11 Å². The highest BCUT2D eigenvalue weighted by Crippen LogP contribution is 2.14. The Balaban J connectivity index is 2.09. The molecular weight excluding hydrogens is 234 g/mol. The molecule has 0 aliphatic rings. The van der Waals surface area contributed by atoms with Crippen molar-refractivity contribution in [1.82, 2.24) is 9.78 Å². The van der Waals surface area contributed by atoms with Crippen molar-refractivity contribution in [3.05, 3.63) is 48.3 Å². The lowest BCUT2D eigenvalue weighted by Gasteiger charge is -2.08. The average molecular weight is 245 g/mol. The number of nitrogens with one attached hydrogen (secondary N) is 1. The van der Waals surface area contributed by atoms with Crippen LogP contribution in [-0.2, 0) is 11.3 Å². The van der Waals surface area contributed by atoms with E-state index < -0.39 is 5.97 Å². The van der Waals surface area contributed by atoms with Gasteiger partial charge in [-0.05, 0) is 18.2 Å². The molecule has 0 bridgehead atoms. The van der Waals surface area contributed by atoms with E-state index in [9.17, 15) is 9.59 Å². The largest absolute Gasteiger partial charge is 0.478 e. The molecule has 2 N–H and O–H groups in total. The van der Waals surface area contributed by atoms with Crippen LogP contribution in [0.3, 0.4) is 0 Å². The highest BCUT2D eigenvalue weighted by atomic mass is 16.4. The normalized spacial score (nSPS) is 10.0. The van der Waals surface area contributed by atoms with Gasteiger partial charge in [0.1, 0.15) is 6.54 Å². The number of rotatable bonds is 4. The smallest absolute Gasteiger partial charge is 0.337 e. The lowest BCUT2D eigenvalue weighted by molar-refractivity contribution is -0.116. The van der Waals surface area contributed by atoms with Gasteiger partial charge in [0.05, 0.1) is 11.3 Å². The number of carboxylic acids is 1. The van der Waals surface area contributed by atoms with Crippen molar-refractivity contribution in [2.24, 2.45) is 0 Å². The van der Waals surface area contributed by atoms with Crippen molar-refractivity contribution in [2.75, 3.05) is 5.32 Å². The number of anilines is 1. The summed E-state index contributed by atoms with van der Waals surface area (Å²) in [5.74, 6) is -1.41. The second-order valence-electron chi connectivity index (χ2n) is 3.60. The minimum absolute atomic E-state index is 0.0426. The van der Waals surface area contributed by atoms with Crippen LogP contribution in [0.5, 0.6) is 0 Å². The van der Waals surface area contributed by atoms with Crippen LogP contribution in [-0.4, -0.2) is 26.8 Å². The maximum Gasteiger partial charge on any atom is 0.337 e. The van der Waals surface area contributed by atoms with E-state index in [0.29, 0.717) is 0 Å². The zero-order valence-electron chi connectivity index (χ0n) is 9.41. The van der Waals surface area contributed by atoms with Gasteiger partial charge in [-0.3, -0.25) is 9.48 Å². The molecule has 1 amide bonds. The van der Waals surface area contributed by atoms with Gasteiger partial charge in [-0.15, -0.1) is 0 Å². The number of carbonyl (C=O) groups excluding carboxylic acids is 1. The topological polar surface area (TPSA) is 84.2 Å². The first-order chi connectivity index (χ1) is 8.66. The molecule has 0 saturated heterocycles. The van der Waals surface area contributed by atoms with E-state index in [1.54, 1.807) is 36.7 Å². The van der Waals surface area contributed by atoms with Gasteiger partial charge in [-0.25, -0.2) is 4.79 Å². The zero-order chi connectivity index (χ0) is 13.0. The number of hydrogen-bond acceptors (Lipinski definition) is 3. The van der Waals surface area contributed by atoms with Gasteiger partial charge in [0.25, 0.3) is 0 Å². The fourth-order valence-corrected chi connectivity index (χ4v) is 1.51. The van der Waals surface area contributed by atoms with E-state index in [1.165, 1.54) is 10.7 Å². The summed E-state index contributed by atoms with van der Waals surface area (Å²) in [4.78, 5) is 22.6. The summed E-state index contributed by atoms with van der Waals surface area (Å²) < 4.78 is 1.46. The summed E-state index contributed by atoms with van der Waals surface area (Å²) in [6.07, 6.45) is 3.22. The fraction of sp³-hybridized carbons (Fsp3) is 0.0833. The predicted octanol–water partition coefficient (Wildman–Crippen LogP) is 1.22. The molecule has 1 heterocycles. The van der Waals surface area contributed by atoms with Gasteiger partial charge in [-0.1, -0.05) is 12.1 Å². The molecule has 0 fully saturated rings. The molecule has 6 nitrogen and oxygen atoms in total. The Bertz CT molecular complexity index is 564. The monoisotopic (exact) mass is 245 g/mol. The summed E-state index contributed by atoms with van der Waals surface area (Å²) in [6.45, 7) is 0.0426. The van der Waals surface area contributed by atoms with Gasteiger partial charge >= 0.3 is 5.97 Å². The molecule has 18 heavy (non-hydrogen) atoms. The highest BCUT2D eigenvalue weighted by molar-refractivity contribution is 6.00. The van der Waals surface area contributed by atoms with Crippen molar-refractivity contribution in [1.29, 1.82) is 0 Å². The molecule has 92 valence electrons. The number of benzene rings is 1. The molecule has 2 aromatic rings. The molecule has 0 aliphatic carbocycles. The van der Waals surface area contributed by atoms with Gasteiger partial charge in [0.15, 0.2) is 0 Å². The second-order valence-corrected chi connectivity index (χ2v) is 3.60. The second kappa shape index (κ2) is 5.13. The van der Waals surface area contributed by atoms with Crippen LogP contribution < -0.4 is 5.32 Å². The summed E-state index contributed by atoms with van der Waals surface area (Å²) in [5.41, 5.74) is 0.341. The fourth-order valence-electron chi connectivity index (χ4n) is 1.51. The summed E-state index contributed by atoms with van der Waals surface area (Å²) >= 11 is 0. The predicted molar refractivity (Wildman–Crippen MR) is 64.3 cm³/mol. The quantitative estimate of drug-likeness (QED) is 0.848. The number of para-hydroxylation sites is 1. The van der Waals surface area contributed by atoms with E-state index in [0.717, 1.165) is 0 Å². The van der Waals surface area contributed by atoms with E-state index in [1.807, 2.05) is 0 Å². The van der Waals surface area contributed by atoms with Crippen LogP contribution in [0.2, 0.25) is 0 Å². The molecule has 0 unspecified atom stereocenters. The molecule has 2 rings (SSSR count). The third-order valence-electron chi connectivity index (χ3n) is 2.30. The van der Waals surface area contributed by atoms with Crippen LogP contribution in [0.25, 0.3) is 0 Å². The SMILES string of the molecule is O=C(Cn1cccn1)Nc1ccccc1C(=O)O. The van der Waals surface area contributed by atoms with Gasteiger partial charge in [0, 0.05) is 12.4 Å². The van der Waals surface area contributed by atoms with Crippen LogP contribution in [0, 0.1) is 0 Å². The molecule has 0 radical (unpaired) electrons. The third kappa shape index (κ3) is 2.73. The van der Waals surface area contributed by atoms with E-state index in [2.05, 4.69) is 10.4 Å². The number of carbonyl (C=O) groups is 2. The van der Waals surface area contributed by atoms with Crippen LogP contribution >= 0.6 is 0 Å². The molecule has 0 atom stereocenters. The summed E-state index contributed by atoms with van der Waals surface area (Å²) in [6, 6.07) is 7.96. The Morgan fingerprint density at radius 2 is 2.06 bits per heavy atom. The number of aromatic carboxylic acids is 1. The zero-order valence-corrected chi connectivity index (χ0v) is 9.41. The van der Waals surface area contributed by atoms with Gasteiger partial charge in [-0.2, -0.15) is 5.10 Å². The van der Waals surface area contributed by atoms with Crippen molar-refractivity contribution in [3.8, 4) is 0 Å². The van der Waals surface area contributed by atoms with Gasteiger partial charge in [0.2, 0.25) is 5.91 Å². The van der Waals surface area contributed by atoms with E-state index in [-0.39, 0.29) is 23.7 Å². The Morgan fingerprint density at radius 3 is 2.72 bits per heavy atom. The average Bonchev–Trinajstić information content (AvgIpc) is 2.82. The molecule has 6 heteroatoms. The number of aromatic nitrogens is 2. The molecule has 0 aliphatic heterocycles. The first-order valence-corrected chi connectivity index (χ1v) is 5.26. The van der Waals surface area contributed by atoms with Crippen LogP contribution in [0.4, 0.5) is 5.69 Å². The highest BCUT2D eigenvalue weighted by Gasteiger charge is 2.11. The van der Waals surface area contributed by atoms with Crippen molar-refractivity contribution in [2.45, 2.75) is 6.54 Å². The maximum atomic E-state index is 11.7. The lowest BCUT2D eigenvalue weighted by atomic mass is 10.2.